The minimum absolute atomic E-state index is 0.470. The van der Waals surface area contributed by atoms with Gasteiger partial charge in [0.25, 0.3) is 0 Å². The van der Waals surface area contributed by atoms with Crippen molar-refractivity contribution in [2.24, 2.45) is 0 Å². The minimum Gasteiger partial charge on any atom is -0.493 e. The second kappa shape index (κ2) is 7.09. The zero-order valence-corrected chi connectivity index (χ0v) is 16.1. The van der Waals surface area contributed by atoms with Crippen LogP contribution in [0.2, 0.25) is 0 Å². The molecule has 0 bridgehead atoms. The fourth-order valence-electron chi connectivity index (χ4n) is 4.11. The normalized spacial score (nSPS) is 18.5. The Kier molecular flexibility index (Phi) is 5.05. The van der Waals surface area contributed by atoms with Crippen LogP contribution >= 0.6 is 0 Å². The van der Waals surface area contributed by atoms with E-state index in [0.717, 1.165) is 28.8 Å². The van der Waals surface area contributed by atoms with Gasteiger partial charge in [-0.2, -0.15) is 0 Å². The molecule has 1 atom stereocenters. The van der Waals surface area contributed by atoms with E-state index in [1.165, 1.54) is 29.7 Å². The van der Waals surface area contributed by atoms with E-state index in [2.05, 4.69) is 51.4 Å². The van der Waals surface area contributed by atoms with E-state index < -0.39 is 0 Å². The molecule has 1 aliphatic heterocycles. The number of likely N-dealkylation sites (N-methyl/N-ethyl adjacent to an activating group) is 1. The first-order chi connectivity index (χ1) is 12.0. The maximum atomic E-state index is 5.50. The van der Waals surface area contributed by atoms with Crippen molar-refractivity contribution in [1.82, 2.24) is 0 Å². The van der Waals surface area contributed by atoms with Crippen LogP contribution in [0.4, 0.5) is 0 Å². The predicted molar refractivity (Wildman–Crippen MR) is 102 cm³/mol. The van der Waals surface area contributed by atoms with Crippen molar-refractivity contribution in [3.05, 3.63) is 58.7 Å². The molecule has 3 nitrogen and oxygen atoms in total. The largest absolute Gasteiger partial charge is 0.493 e. The number of fused-ring (bicyclic) bond motifs is 1. The Morgan fingerprint density at radius 3 is 2.48 bits per heavy atom. The molecule has 1 heterocycles. The molecule has 0 aromatic heterocycles. The number of benzene rings is 2. The number of quaternary nitrogens is 1. The molecule has 0 spiro atoms. The van der Waals surface area contributed by atoms with Crippen LogP contribution in [0.1, 0.15) is 35.2 Å². The lowest BCUT2D eigenvalue weighted by Gasteiger charge is -2.43. The SMILES string of the molecule is CCc1cccc2c1C(Cc1ccc(OC)c(OC)c1)[N+](C)(C)CC2. The molecule has 0 saturated carbocycles. The lowest BCUT2D eigenvalue weighted by Crippen LogP contribution is -2.49. The third kappa shape index (κ3) is 3.38. The van der Waals surface area contributed by atoms with E-state index in [0.29, 0.717) is 6.04 Å². The number of methoxy groups -OCH3 is 2. The van der Waals surface area contributed by atoms with Gasteiger partial charge in [0.05, 0.1) is 34.9 Å². The monoisotopic (exact) mass is 340 g/mol. The highest BCUT2D eigenvalue weighted by Gasteiger charge is 2.37. The molecule has 25 heavy (non-hydrogen) atoms. The number of ether oxygens (including phenoxy) is 2. The zero-order chi connectivity index (χ0) is 18.0. The van der Waals surface area contributed by atoms with Crippen molar-refractivity contribution in [2.45, 2.75) is 32.2 Å². The van der Waals surface area contributed by atoms with Gasteiger partial charge in [-0.25, -0.2) is 0 Å². The van der Waals surface area contributed by atoms with Gasteiger partial charge in [-0.15, -0.1) is 0 Å². The zero-order valence-electron chi connectivity index (χ0n) is 16.1. The van der Waals surface area contributed by atoms with Gasteiger partial charge in [0, 0.05) is 18.4 Å². The average molecular weight is 340 g/mol. The molecule has 0 N–H and O–H groups in total. The summed E-state index contributed by atoms with van der Waals surface area (Å²) in [7, 11) is 8.11. The molecule has 0 amide bonds. The van der Waals surface area contributed by atoms with Crippen LogP contribution in [0.5, 0.6) is 11.5 Å². The number of hydrogen-bond acceptors (Lipinski definition) is 2. The number of rotatable bonds is 5. The molecule has 1 aliphatic rings. The molecule has 3 rings (SSSR count). The van der Waals surface area contributed by atoms with Crippen molar-refractivity contribution >= 4 is 0 Å². The van der Waals surface area contributed by atoms with Crippen molar-refractivity contribution in [3.63, 3.8) is 0 Å². The van der Waals surface area contributed by atoms with Crippen LogP contribution in [-0.4, -0.2) is 39.3 Å². The Balaban J connectivity index is 2.02. The minimum atomic E-state index is 0.470. The Labute approximate surface area is 151 Å². The molecule has 0 fully saturated rings. The van der Waals surface area contributed by atoms with E-state index in [-0.39, 0.29) is 0 Å². The average Bonchev–Trinajstić information content (AvgIpc) is 2.63. The standard InChI is InChI=1S/C22H30NO2/c1-6-17-8-7-9-18-12-13-23(2,3)19(22(17)18)14-16-10-11-20(24-4)21(15-16)25-5/h7-11,15,19H,6,12-14H2,1-5H3/q+1. The first-order valence-corrected chi connectivity index (χ1v) is 9.14. The summed E-state index contributed by atoms with van der Waals surface area (Å²) >= 11 is 0. The third-order valence-electron chi connectivity index (χ3n) is 5.68. The van der Waals surface area contributed by atoms with E-state index in [4.69, 9.17) is 9.47 Å². The molecule has 2 aromatic carbocycles. The molecule has 2 aromatic rings. The summed E-state index contributed by atoms with van der Waals surface area (Å²) in [6.45, 7) is 3.44. The molecule has 0 radical (unpaired) electrons. The van der Waals surface area contributed by atoms with Gasteiger partial charge >= 0.3 is 0 Å². The number of aryl methyl sites for hydroxylation is 1. The van der Waals surface area contributed by atoms with Crippen molar-refractivity contribution in [1.29, 1.82) is 0 Å². The molecule has 0 aliphatic carbocycles. The Hall–Kier alpha value is -2.00. The summed E-state index contributed by atoms with van der Waals surface area (Å²) in [4.78, 5) is 0. The Morgan fingerprint density at radius 2 is 1.80 bits per heavy atom. The van der Waals surface area contributed by atoms with Gasteiger partial charge in [0.2, 0.25) is 0 Å². The molecule has 134 valence electrons. The molecular formula is C22H30NO2+. The summed E-state index contributed by atoms with van der Waals surface area (Å²) in [5.74, 6) is 1.60. The molecule has 3 heteroatoms. The van der Waals surface area contributed by atoms with Gasteiger partial charge in [0.1, 0.15) is 6.04 Å². The van der Waals surface area contributed by atoms with Crippen LogP contribution in [0.3, 0.4) is 0 Å². The maximum Gasteiger partial charge on any atom is 0.160 e. The summed E-state index contributed by atoms with van der Waals surface area (Å²) in [6, 6.07) is 13.6. The van der Waals surface area contributed by atoms with Crippen LogP contribution in [0, 0.1) is 0 Å². The highest BCUT2D eigenvalue weighted by Crippen LogP contribution is 2.39. The highest BCUT2D eigenvalue weighted by molar-refractivity contribution is 5.44. The van der Waals surface area contributed by atoms with Crippen LogP contribution in [-0.2, 0) is 19.3 Å². The summed E-state index contributed by atoms with van der Waals surface area (Å²) in [6.07, 6.45) is 3.27. The van der Waals surface area contributed by atoms with E-state index >= 15 is 0 Å². The van der Waals surface area contributed by atoms with Gasteiger partial charge in [-0.1, -0.05) is 31.2 Å². The summed E-state index contributed by atoms with van der Waals surface area (Å²) < 4.78 is 11.9. The second-order valence-electron chi connectivity index (χ2n) is 7.50. The fraction of sp³-hybridized carbons (Fsp3) is 0.455. The first-order valence-electron chi connectivity index (χ1n) is 9.14. The topological polar surface area (TPSA) is 18.5 Å². The quantitative estimate of drug-likeness (QED) is 0.760. The second-order valence-corrected chi connectivity index (χ2v) is 7.50. The van der Waals surface area contributed by atoms with Crippen LogP contribution < -0.4 is 9.47 Å². The van der Waals surface area contributed by atoms with E-state index in [1.807, 2.05) is 6.07 Å². The fourth-order valence-corrected chi connectivity index (χ4v) is 4.11. The van der Waals surface area contributed by atoms with Gasteiger partial charge < -0.3 is 14.0 Å². The van der Waals surface area contributed by atoms with E-state index in [9.17, 15) is 0 Å². The van der Waals surface area contributed by atoms with Gasteiger partial charge in [0.15, 0.2) is 11.5 Å². The molecule has 1 unspecified atom stereocenters. The van der Waals surface area contributed by atoms with Crippen LogP contribution in [0.25, 0.3) is 0 Å². The first kappa shape index (κ1) is 17.8. The van der Waals surface area contributed by atoms with Crippen molar-refractivity contribution in [2.75, 3.05) is 34.9 Å². The number of hydrogen-bond donors (Lipinski definition) is 0. The number of nitrogens with zero attached hydrogens (tertiary/aromatic N) is 1. The Morgan fingerprint density at radius 1 is 1.04 bits per heavy atom. The van der Waals surface area contributed by atoms with Crippen molar-refractivity contribution < 1.29 is 14.0 Å². The van der Waals surface area contributed by atoms with E-state index in [1.54, 1.807) is 19.8 Å². The van der Waals surface area contributed by atoms with Gasteiger partial charge in [-0.05, 0) is 35.2 Å². The molecule has 0 saturated heterocycles. The lowest BCUT2D eigenvalue weighted by atomic mass is 9.83. The predicted octanol–water partition coefficient (Wildman–Crippen LogP) is 4.18. The maximum absolute atomic E-state index is 5.50. The Bertz CT molecular complexity index is 737. The molecular weight excluding hydrogens is 310 g/mol. The van der Waals surface area contributed by atoms with Crippen molar-refractivity contribution in [3.8, 4) is 11.5 Å². The smallest absolute Gasteiger partial charge is 0.160 e. The van der Waals surface area contributed by atoms with Gasteiger partial charge in [-0.3, -0.25) is 0 Å². The van der Waals surface area contributed by atoms with Crippen LogP contribution in [0.15, 0.2) is 36.4 Å². The summed E-state index contributed by atoms with van der Waals surface area (Å²) in [5.41, 5.74) is 5.89. The third-order valence-corrected chi connectivity index (χ3v) is 5.68. The summed E-state index contributed by atoms with van der Waals surface area (Å²) in [5, 5.41) is 0. The highest BCUT2D eigenvalue weighted by atomic mass is 16.5. The lowest BCUT2D eigenvalue weighted by molar-refractivity contribution is -0.923.